The Kier molecular flexibility index (Phi) is 3.63. The van der Waals surface area contributed by atoms with Crippen molar-refractivity contribution in [3.05, 3.63) is 29.0 Å². The molecule has 3 rings (SSSR count). The maximum absolute atomic E-state index is 12.1. The van der Waals surface area contributed by atoms with Gasteiger partial charge in [-0.3, -0.25) is 14.9 Å². The molecular formula is C14H13Cl2N3O2. The van der Waals surface area contributed by atoms with Crippen molar-refractivity contribution in [2.75, 3.05) is 0 Å². The first-order valence-electron chi connectivity index (χ1n) is 6.63. The molecule has 2 heterocycles. The lowest BCUT2D eigenvalue weighted by atomic mass is 10.1. The Hall–Kier alpha value is -1.59. The second kappa shape index (κ2) is 5.31. The molecule has 2 atom stereocenters. The van der Waals surface area contributed by atoms with Gasteiger partial charge in [0.05, 0.1) is 15.9 Å². The van der Waals surface area contributed by atoms with Gasteiger partial charge < -0.3 is 4.57 Å². The molecule has 2 unspecified atom stereocenters. The van der Waals surface area contributed by atoms with Gasteiger partial charge in [0.1, 0.15) is 17.4 Å². The summed E-state index contributed by atoms with van der Waals surface area (Å²) < 4.78 is 1.79. The number of alkyl halides is 1. The van der Waals surface area contributed by atoms with Crippen LogP contribution in [0.25, 0.3) is 11.0 Å². The average Bonchev–Trinajstić information content (AvgIpc) is 2.80. The van der Waals surface area contributed by atoms with Crippen LogP contribution in [-0.2, 0) is 9.59 Å². The van der Waals surface area contributed by atoms with Gasteiger partial charge in [0.2, 0.25) is 11.8 Å². The number of hydrogen-bond acceptors (Lipinski definition) is 3. The lowest BCUT2D eigenvalue weighted by molar-refractivity contribution is -0.135. The van der Waals surface area contributed by atoms with Crippen LogP contribution in [0.15, 0.2) is 18.2 Å². The highest BCUT2D eigenvalue weighted by atomic mass is 35.5. The average molecular weight is 326 g/mol. The van der Waals surface area contributed by atoms with Gasteiger partial charge in [-0.15, -0.1) is 11.6 Å². The molecule has 110 valence electrons. The van der Waals surface area contributed by atoms with Crippen LogP contribution in [0.5, 0.6) is 0 Å². The molecule has 1 aromatic heterocycles. The van der Waals surface area contributed by atoms with Gasteiger partial charge in [-0.25, -0.2) is 4.98 Å². The highest BCUT2D eigenvalue weighted by molar-refractivity contribution is 6.35. The number of fused-ring (bicyclic) bond motifs is 1. The van der Waals surface area contributed by atoms with E-state index in [0.29, 0.717) is 29.2 Å². The van der Waals surface area contributed by atoms with Gasteiger partial charge >= 0.3 is 0 Å². The standard InChI is InChI=1S/C14H13Cl2N3O2/c1-7(15)13-18-12-8(16)3-2-4-9(12)19(13)10-5-6-11(20)17-14(10)21/h2-4,7,10H,5-6H2,1H3,(H,17,20,21). The molecule has 1 aliphatic rings. The minimum atomic E-state index is -0.498. The van der Waals surface area contributed by atoms with Crippen molar-refractivity contribution in [3.63, 3.8) is 0 Å². The molecule has 21 heavy (non-hydrogen) atoms. The van der Waals surface area contributed by atoms with E-state index in [-0.39, 0.29) is 17.2 Å². The van der Waals surface area contributed by atoms with E-state index >= 15 is 0 Å². The summed E-state index contributed by atoms with van der Waals surface area (Å²) in [6, 6.07) is 4.90. The van der Waals surface area contributed by atoms with E-state index in [1.54, 1.807) is 23.6 Å². The third kappa shape index (κ3) is 2.40. The summed E-state index contributed by atoms with van der Waals surface area (Å²) in [4.78, 5) is 27.9. The SMILES string of the molecule is CC(Cl)c1nc2c(Cl)cccc2n1C1CCC(=O)NC1=O. The summed E-state index contributed by atoms with van der Waals surface area (Å²) >= 11 is 12.4. The van der Waals surface area contributed by atoms with E-state index in [1.807, 2.05) is 6.07 Å². The molecule has 2 aromatic rings. The number of piperidine rings is 1. The lowest BCUT2D eigenvalue weighted by Crippen LogP contribution is -2.42. The number of nitrogens with one attached hydrogen (secondary N) is 1. The number of rotatable bonds is 2. The molecule has 0 aliphatic carbocycles. The Morgan fingerprint density at radius 1 is 1.43 bits per heavy atom. The molecule has 1 aromatic carbocycles. The molecule has 1 fully saturated rings. The molecule has 1 aliphatic heterocycles. The molecule has 0 saturated carbocycles. The van der Waals surface area contributed by atoms with E-state index < -0.39 is 6.04 Å². The molecule has 2 amide bonds. The van der Waals surface area contributed by atoms with Gasteiger partial charge in [0.25, 0.3) is 0 Å². The summed E-state index contributed by atoms with van der Waals surface area (Å²) in [5, 5.41) is 2.50. The Bertz CT molecular complexity index is 739. The molecule has 0 spiro atoms. The van der Waals surface area contributed by atoms with E-state index in [0.717, 1.165) is 5.52 Å². The van der Waals surface area contributed by atoms with Crippen molar-refractivity contribution in [2.45, 2.75) is 31.2 Å². The first kappa shape index (κ1) is 14.4. The van der Waals surface area contributed by atoms with Crippen LogP contribution in [0.1, 0.15) is 37.0 Å². The highest BCUT2D eigenvalue weighted by Gasteiger charge is 2.32. The quantitative estimate of drug-likeness (QED) is 0.682. The Morgan fingerprint density at radius 2 is 2.19 bits per heavy atom. The third-order valence-electron chi connectivity index (χ3n) is 3.58. The van der Waals surface area contributed by atoms with Crippen LogP contribution in [0.4, 0.5) is 0 Å². The fraction of sp³-hybridized carbons (Fsp3) is 0.357. The Labute approximate surface area is 131 Å². The van der Waals surface area contributed by atoms with E-state index in [1.165, 1.54) is 0 Å². The molecule has 0 bridgehead atoms. The molecule has 1 saturated heterocycles. The second-order valence-electron chi connectivity index (χ2n) is 5.03. The fourth-order valence-corrected chi connectivity index (χ4v) is 3.00. The number of aromatic nitrogens is 2. The summed E-state index contributed by atoms with van der Waals surface area (Å²) in [5.74, 6) is -0.00228. The lowest BCUT2D eigenvalue weighted by Gasteiger charge is -2.24. The first-order chi connectivity index (χ1) is 9.99. The maximum atomic E-state index is 12.1. The highest BCUT2D eigenvalue weighted by Crippen LogP contribution is 2.33. The summed E-state index contributed by atoms with van der Waals surface area (Å²) in [5.41, 5.74) is 1.37. The number of halogens is 2. The number of benzene rings is 1. The van der Waals surface area contributed by atoms with Crippen LogP contribution in [0, 0.1) is 0 Å². The number of imidazole rings is 1. The molecule has 1 N–H and O–H groups in total. The summed E-state index contributed by atoms with van der Waals surface area (Å²) in [7, 11) is 0. The van der Waals surface area contributed by atoms with Crippen molar-refractivity contribution < 1.29 is 9.59 Å². The topological polar surface area (TPSA) is 64.0 Å². The van der Waals surface area contributed by atoms with Crippen LogP contribution in [0.2, 0.25) is 5.02 Å². The van der Waals surface area contributed by atoms with E-state index in [4.69, 9.17) is 23.2 Å². The predicted octanol–water partition coefficient (Wildman–Crippen LogP) is 2.97. The summed E-state index contributed by atoms with van der Waals surface area (Å²) in [6.45, 7) is 1.79. The predicted molar refractivity (Wildman–Crippen MR) is 80.4 cm³/mol. The van der Waals surface area contributed by atoms with Crippen molar-refractivity contribution in [3.8, 4) is 0 Å². The van der Waals surface area contributed by atoms with Crippen LogP contribution in [-0.4, -0.2) is 21.4 Å². The third-order valence-corrected chi connectivity index (χ3v) is 4.08. The minimum absolute atomic E-state index is 0.251. The monoisotopic (exact) mass is 325 g/mol. The number of imide groups is 1. The van der Waals surface area contributed by atoms with Gasteiger partial charge in [0.15, 0.2) is 0 Å². The molecular weight excluding hydrogens is 313 g/mol. The van der Waals surface area contributed by atoms with Gasteiger partial charge in [-0.1, -0.05) is 17.7 Å². The van der Waals surface area contributed by atoms with Crippen molar-refractivity contribution in [2.24, 2.45) is 0 Å². The maximum Gasteiger partial charge on any atom is 0.249 e. The number of carbonyl (C=O) groups is 2. The van der Waals surface area contributed by atoms with Crippen LogP contribution in [0.3, 0.4) is 0 Å². The Morgan fingerprint density at radius 3 is 2.86 bits per heavy atom. The van der Waals surface area contributed by atoms with Crippen LogP contribution >= 0.6 is 23.2 Å². The number of carbonyl (C=O) groups excluding carboxylic acids is 2. The number of hydrogen-bond donors (Lipinski definition) is 1. The van der Waals surface area contributed by atoms with Gasteiger partial charge in [-0.05, 0) is 25.5 Å². The van der Waals surface area contributed by atoms with E-state index in [9.17, 15) is 9.59 Å². The molecule has 0 radical (unpaired) electrons. The van der Waals surface area contributed by atoms with Crippen LogP contribution < -0.4 is 5.32 Å². The summed E-state index contributed by atoms with van der Waals surface area (Å²) in [6.07, 6.45) is 0.728. The smallest absolute Gasteiger partial charge is 0.249 e. The largest absolute Gasteiger partial charge is 0.314 e. The van der Waals surface area contributed by atoms with E-state index in [2.05, 4.69) is 10.3 Å². The normalized spacial score (nSPS) is 20.6. The fourth-order valence-electron chi connectivity index (χ4n) is 2.64. The first-order valence-corrected chi connectivity index (χ1v) is 7.44. The zero-order chi connectivity index (χ0) is 15.1. The number of amides is 2. The van der Waals surface area contributed by atoms with Crippen molar-refractivity contribution in [1.29, 1.82) is 0 Å². The molecule has 5 nitrogen and oxygen atoms in total. The molecule has 7 heteroatoms. The van der Waals surface area contributed by atoms with Crippen molar-refractivity contribution >= 4 is 46.0 Å². The van der Waals surface area contributed by atoms with Gasteiger partial charge in [0, 0.05) is 6.42 Å². The zero-order valence-electron chi connectivity index (χ0n) is 11.3. The number of nitrogens with zero attached hydrogens (tertiary/aromatic N) is 2. The number of para-hydroxylation sites is 1. The van der Waals surface area contributed by atoms with Crippen molar-refractivity contribution in [1.82, 2.24) is 14.9 Å². The van der Waals surface area contributed by atoms with Gasteiger partial charge in [-0.2, -0.15) is 0 Å². The minimum Gasteiger partial charge on any atom is -0.314 e. The second-order valence-corrected chi connectivity index (χ2v) is 6.09. The Balaban J connectivity index is 2.20. The zero-order valence-corrected chi connectivity index (χ0v) is 12.8.